The smallest absolute Gasteiger partial charge is 0.226 e. The molecule has 1 aromatic carbocycles. The molecule has 0 radical (unpaired) electrons. The summed E-state index contributed by atoms with van der Waals surface area (Å²) in [5.41, 5.74) is 7.33. The van der Waals surface area contributed by atoms with E-state index in [9.17, 15) is 9.59 Å². The topological polar surface area (TPSA) is 87.5 Å². The Hall–Kier alpha value is -2.08. The molecule has 0 spiro atoms. The van der Waals surface area contributed by atoms with E-state index in [4.69, 9.17) is 5.73 Å². The highest BCUT2D eigenvalue weighted by Crippen LogP contribution is 2.23. The minimum absolute atomic E-state index is 0.0585. The summed E-state index contributed by atoms with van der Waals surface area (Å²) in [5.74, 6) is -0.156. The van der Waals surface area contributed by atoms with Crippen molar-refractivity contribution < 1.29 is 9.59 Å². The standard InChI is InChI=1S/C18H28N4O2/c1-14(20-17(23)8-5-9-19)12-18(24)21-15-6-4-7-16(13-15)22-10-2-3-11-22/h4,6-7,13-14H,2-3,5,8-12,19H2,1H3,(H,20,23)(H,21,24). The van der Waals surface area contributed by atoms with E-state index in [-0.39, 0.29) is 24.3 Å². The van der Waals surface area contributed by atoms with Crippen molar-refractivity contribution in [2.45, 2.75) is 45.1 Å². The van der Waals surface area contributed by atoms with Gasteiger partial charge in [-0.2, -0.15) is 0 Å². The van der Waals surface area contributed by atoms with Crippen molar-refractivity contribution in [1.29, 1.82) is 0 Å². The number of carbonyl (C=O) groups excluding carboxylic acids is 2. The molecule has 6 heteroatoms. The van der Waals surface area contributed by atoms with Gasteiger partial charge < -0.3 is 21.3 Å². The third-order valence-electron chi connectivity index (χ3n) is 4.11. The molecule has 6 nitrogen and oxygen atoms in total. The van der Waals surface area contributed by atoms with Crippen molar-refractivity contribution in [3.63, 3.8) is 0 Å². The van der Waals surface area contributed by atoms with Crippen LogP contribution in [0.25, 0.3) is 0 Å². The second-order valence-electron chi connectivity index (χ2n) is 6.36. The molecule has 0 saturated carbocycles. The van der Waals surface area contributed by atoms with Crippen LogP contribution in [-0.2, 0) is 9.59 Å². The minimum Gasteiger partial charge on any atom is -0.371 e. The van der Waals surface area contributed by atoms with E-state index in [1.54, 1.807) is 0 Å². The molecule has 4 N–H and O–H groups in total. The molecular weight excluding hydrogens is 304 g/mol. The van der Waals surface area contributed by atoms with Crippen molar-refractivity contribution in [2.75, 3.05) is 29.9 Å². The average Bonchev–Trinajstić information content (AvgIpc) is 3.07. The highest BCUT2D eigenvalue weighted by molar-refractivity contribution is 5.92. The van der Waals surface area contributed by atoms with Gasteiger partial charge in [0.05, 0.1) is 0 Å². The molecule has 1 saturated heterocycles. The maximum absolute atomic E-state index is 12.2. The van der Waals surface area contributed by atoms with E-state index < -0.39 is 0 Å². The summed E-state index contributed by atoms with van der Waals surface area (Å²) in [6.07, 6.45) is 3.76. The minimum atomic E-state index is -0.197. The first-order valence-electron chi connectivity index (χ1n) is 8.73. The first kappa shape index (κ1) is 18.3. The van der Waals surface area contributed by atoms with Gasteiger partial charge in [0.25, 0.3) is 0 Å². The van der Waals surface area contributed by atoms with E-state index in [0.717, 1.165) is 24.5 Å². The Kier molecular flexibility index (Phi) is 7.06. The summed E-state index contributed by atoms with van der Waals surface area (Å²) in [6.45, 7) is 4.47. The van der Waals surface area contributed by atoms with Gasteiger partial charge in [-0.25, -0.2) is 0 Å². The van der Waals surface area contributed by atoms with Crippen molar-refractivity contribution in [3.05, 3.63) is 24.3 Å². The van der Waals surface area contributed by atoms with E-state index in [0.29, 0.717) is 19.4 Å². The summed E-state index contributed by atoms with van der Waals surface area (Å²) in [7, 11) is 0. The third kappa shape index (κ3) is 5.85. The number of amides is 2. The van der Waals surface area contributed by atoms with Crippen molar-refractivity contribution in [2.24, 2.45) is 5.73 Å². The lowest BCUT2D eigenvalue weighted by molar-refractivity contribution is -0.122. The number of hydrogen-bond donors (Lipinski definition) is 3. The first-order valence-corrected chi connectivity index (χ1v) is 8.73. The van der Waals surface area contributed by atoms with E-state index in [1.807, 2.05) is 25.1 Å². The quantitative estimate of drug-likeness (QED) is 0.678. The second-order valence-corrected chi connectivity index (χ2v) is 6.36. The monoisotopic (exact) mass is 332 g/mol. The van der Waals surface area contributed by atoms with Crippen LogP contribution in [0.4, 0.5) is 11.4 Å². The van der Waals surface area contributed by atoms with Gasteiger partial charge in [0.1, 0.15) is 0 Å². The highest BCUT2D eigenvalue weighted by Gasteiger charge is 2.14. The summed E-state index contributed by atoms with van der Waals surface area (Å²) < 4.78 is 0. The average molecular weight is 332 g/mol. The van der Waals surface area contributed by atoms with Gasteiger partial charge >= 0.3 is 0 Å². The van der Waals surface area contributed by atoms with Crippen LogP contribution >= 0.6 is 0 Å². The van der Waals surface area contributed by atoms with Gasteiger partial charge in [0.2, 0.25) is 11.8 Å². The van der Waals surface area contributed by atoms with Gasteiger partial charge in [-0.3, -0.25) is 9.59 Å². The molecule has 1 aliphatic rings. The lowest BCUT2D eigenvalue weighted by Gasteiger charge is -2.19. The van der Waals surface area contributed by atoms with Gasteiger partial charge in [0, 0.05) is 43.3 Å². The van der Waals surface area contributed by atoms with Crippen LogP contribution < -0.4 is 21.3 Å². The lowest BCUT2D eigenvalue weighted by Crippen LogP contribution is -2.35. The summed E-state index contributed by atoms with van der Waals surface area (Å²) >= 11 is 0. The molecule has 1 aliphatic heterocycles. The van der Waals surface area contributed by atoms with E-state index in [1.165, 1.54) is 12.8 Å². The van der Waals surface area contributed by atoms with Crippen LogP contribution in [-0.4, -0.2) is 37.5 Å². The Bertz CT molecular complexity index is 556. The van der Waals surface area contributed by atoms with Crippen LogP contribution in [0.3, 0.4) is 0 Å². The fraction of sp³-hybridized carbons (Fsp3) is 0.556. The molecule has 132 valence electrons. The molecule has 0 aliphatic carbocycles. The maximum atomic E-state index is 12.2. The zero-order valence-electron chi connectivity index (χ0n) is 14.4. The lowest BCUT2D eigenvalue weighted by atomic mass is 10.2. The SMILES string of the molecule is CC(CC(=O)Nc1cccc(N2CCCC2)c1)NC(=O)CCCN. The van der Waals surface area contributed by atoms with Crippen molar-refractivity contribution in [3.8, 4) is 0 Å². The fourth-order valence-electron chi connectivity index (χ4n) is 2.91. The Labute approximate surface area is 143 Å². The predicted octanol–water partition coefficient (Wildman–Crippen LogP) is 1.86. The number of nitrogens with zero attached hydrogens (tertiary/aromatic N) is 1. The summed E-state index contributed by atoms with van der Waals surface area (Å²) in [4.78, 5) is 26.1. The number of anilines is 2. The number of rotatable bonds is 8. The Balaban J connectivity index is 1.81. The van der Waals surface area contributed by atoms with Crippen LogP contribution in [0.1, 0.15) is 39.0 Å². The number of benzene rings is 1. The Morgan fingerprint density at radius 1 is 1.25 bits per heavy atom. The molecule has 1 fully saturated rings. The maximum Gasteiger partial charge on any atom is 0.226 e. The Morgan fingerprint density at radius 3 is 2.71 bits per heavy atom. The molecule has 2 rings (SSSR count). The molecule has 1 aromatic rings. The number of nitrogens with one attached hydrogen (secondary N) is 2. The largest absolute Gasteiger partial charge is 0.371 e. The predicted molar refractivity (Wildman–Crippen MR) is 97.0 cm³/mol. The van der Waals surface area contributed by atoms with Crippen molar-refractivity contribution in [1.82, 2.24) is 5.32 Å². The van der Waals surface area contributed by atoms with E-state index >= 15 is 0 Å². The molecule has 24 heavy (non-hydrogen) atoms. The van der Waals surface area contributed by atoms with Gasteiger partial charge in [0.15, 0.2) is 0 Å². The molecule has 1 heterocycles. The number of nitrogens with two attached hydrogens (primary N) is 1. The Morgan fingerprint density at radius 2 is 2.00 bits per heavy atom. The molecule has 2 amide bonds. The summed E-state index contributed by atoms with van der Waals surface area (Å²) in [5, 5.41) is 5.74. The van der Waals surface area contributed by atoms with Crippen LogP contribution in [0.5, 0.6) is 0 Å². The number of carbonyl (C=O) groups is 2. The van der Waals surface area contributed by atoms with E-state index in [2.05, 4.69) is 21.6 Å². The van der Waals surface area contributed by atoms with Crippen LogP contribution in [0.2, 0.25) is 0 Å². The molecule has 0 bridgehead atoms. The highest BCUT2D eigenvalue weighted by atomic mass is 16.2. The normalized spacial score (nSPS) is 15.2. The molecule has 1 atom stereocenters. The molecule has 0 aromatic heterocycles. The zero-order chi connectivity index (χ0) is 17.4. The van der Waals surface area contributed by atoms with Crippen LogP contribution in [0.15, 0.2) is 24.3 Å². The molecule has 1 unspecified atom stereocenters. The van der Waals surface area contributed by atoms with Crippen LogP contribution in [0, 0.1) is 0 Å². The summed E-state index contributed by atoms with van der Waals surface area (Å²) in [6, 6.07) is 7.73. The first-order chi connectivity index (χ1) is 11.6. The number of hydrogen-bond acceptors (Lipinski definition) is 4. The second kappa shape index (κ2) is 9.27. The van der Waals surface area contributed by atoms with Gasteiger partial charge in [-0.05, 0) is 50.9 Å². The van der Waals surface area contributed by atoms with Gasteiger partial charge in [-0.1, -0.05) is 6.07 Å². The fourth-order valence-corrected chi connectivity index (χ4v) is 2.91. The van der Waals surface area contributed by atoms with Crippen molar-refractivity contribution >= 4 is 23.2 Å². The zero-order valence-corrected chi connectivity index (χ0v) is 14.4. The third-order valence-corrected chi connectivity index (χ3v) is 4.11. The molecular formula is C18H28N4O2. The van der Waals surface area contributed by atoms with Gasteiger partial charge in [-0.15, -0.1) is 0 Å².